The molecule has 26 heavy (non-hydrogen) atoms. The van der Waals surface area contributed by atoms with Crippen molar-refractivity contribution in [3.05, 3.63) is 59.7 Å². The topological polar surface area (TPSA) is 88.6 Å². The first-order valence-electron chi connectivity index (χ1n) is 7.95. The third kappa shape index (κ3) is 3.59. The van der Waals surface area contributed by atoms with Crippen LogP contribution >= 0.6 is 0 Å². The van der Waals surface area contributed by atoms with E-state index in [1.165, 1.54) is 4.31 Å². The number of aromatic nitrogens is 1. The first-order chi connectivity index (χ1) is 12.4. The van der Waals surface area contributed by atoms with Crippen LogP contribution in [0.2, 0.25) is 0 Å². The summed E-state index contributed by atoms with van der Waals surface area (Å²) in [5.41, 5.74) is 0.576. The van der Waals surface area contributed by atoms with Crippen molar-refractivity contribution in [1.82, 2.24) is 14.6 Å². The first-order valence-corrected chi connectivity index (χ1v) is 9.39. The van der Waals surface area contributed by atoms with Crippen LogP contribution in [0.3, 0.4) is 0 Å². The highest BCUT2D eigenvalue weighted by Crippen LogP contribution is 2.29. The zero-order valence-corrected chi connectivity index (χ0v) is 14.9. The summed E-state index contributed by atoms with van der Waals surface area (Å²) in [4.78, 5) is 15.4. The average Bonchev–Trinajstić information content (AvgIpc) is 2.67. The number of methoxy groups -OCH3 is 1. The maximum absolute atomic E-state index is 13.9. The molecular formula is C17H18FN3O4S. The number of sulfonamides is 1. The van der Waals surface area contributed by atoms with Gasteiger partial charge in [-0.15, -0.1) is 0 Å². The van der Waals surface area contributed by atoms with Crippen LogP contribution in [0.15, 0.2) is 47.6 Å². The number of ether oxygens (including phenoxy) is 1. The Bertz CT molecular complexity index is 905. The SMILES string of the molecule is COC(=O)c1cc(F)cc(S(=O)(=O)N2CCNCC2c2cccnc2)c1. The maximum Gasteiger partial charge on any atom is 0.337 e. The van der Waals surface area contributed by atoms with E-state index in [0.717, 1.165) is 30.9 Å². The van der Waals surface area contributed by atoms with Gasteiger partial charge < -0.3 is 10.1 Å². The van der Waals surface area contributed by atoms with E-state index >= 15 is 0 Å². The first kappa shape index (κ1) is 18.4. The van der Waals surface area contributed by atoms with Gasteiger partial charge in [0.25, 0.3) is 0 Å². The summed E-state index contributed by atoms with van der Waals surface area (Å²) < 4.78 is 46.1. The van der Waals surface area contributed by atoms with Gasteiger partial charge in [0.05, 0.1) is 23.6 Å². The molecule has 1 aromatic carbocycles. The fourth-order valence-electron chi connectivity index (χ4n) is 2.91. The minimum absolute atomic E-state index is 0.154. The second kappa shape index (κ2) is 7.48. The molecule has 7 nitrogen and oxygen atoms in total. The van der Waals surface area contributed by atoms with Crippen molar-refractivity contribution in [3.8, 4) is 0 Å². The number of nitrogens with one attached hydrogen (secondary N) is 1. The largest absolute Gasteiger partial charge is 0.465 e. The molecule has 1 atom stereocenters. The van der Waals surface area contributed by atoms with Crippen LogP contribution in [0.5, 0.6) is 0 Å². The Kier molecular flexibility index (Phi) is 5.30. The van der Waals surface area contributed by atoms with Gasteiger partial charge in [0.1, 0.15) is 5.82 Å². The lowest BCUT2D eigenvalue weighted by molar-refractivity contribution is 0.0600. The molecule has 1 aliphatic heterocycles. The number of carbonyl (C=O) groups is 1. The van der Waals surface area contributed by atoms with Gasteiger partial charge in [0, 0.05) is 32.0 Å². The Morgan fingerprint density at radius 1 is 1.38 bits per heavy atom. The van der Waals surface area contributed by atoms with Crippen LogP contribution < -0.4 is 5.32 Å². The molecular weight excluding hydrogens is 361 g/mol. The molecule has 9 heteroatoms. The number of rotatable bonds is 4. The Hall–Kier alpha value is -2.36. The fraction of sp³-hybridized carbons (Fsp3) is 0.294. The monoisotopic (exact) mass is 379 g/mol. The summed E-state index contributed by atoms with van der Waals surface area (Å²) in [6.45, 7) is 1.09. The van der Waals surface area contributed by atoms with Crippen molar-refractivity contribution >= 4 is 16.0 Å². The van der Waals surface area contributed by atoms with Crippen LogP contribution in [0.25, 0.3) is 0 Å². The predicted octanol–water partition coefficient (Wildman–Crippen LogP) is 1.34. The van der Waals surface area contributed by atoms with E-state index in [0.29, 0.717) is 13.1 Å². The van der Waals surface area contributed by atoms with E-state index in [1.54, 1.807) is 24.5 Å². The normalized spacial score (nSPS) is 18.5. The molecule has 1 N–H and O–H groups in total. The highest BCUT2D eigenvalue weighted by atomic mass is 32.2. The van der Waals surface area contributed by atoms with Crippen molar-refractivity contribution in [3.63, 3.8) is 0 Å². The third-order valence-corrected chi connectivity index (χ3v) is 6.05. The van der Waals surface area contributed by atoms with Gasteiger partial charge in [-0.3, -0.25) is 4.98 Å². The summed E-state index contributed by atoms with van der Waals surface area (Å²) >= 11 is 0. The number of hydrogen-bond acceptors (Lipinski definition) is 6. The van der Waals surface area contributed by atoms with Gasteiger partial charge in [-0.1, -0.05) is 6.07 Å². The second-order valence-corrected chi connectivity index (χ2v) is 7.68. The molecule has 1 fully saturated rings. The van der Waals surface area contributed by atoms with E-state index in [1.807, 2.05) is 0 Å². The summed E-state index contributed by atoms with van der Waals surface area (Å²) in [5.74, 6) is -1.62. The highest BCUT2D eigenvalue weighted by Gasteiger charge is 2.35. The van der Waals surface area contributed by atoms with Crippen molar-refractivity contribution in [1.29, 1.82) is 0 Å². The number of pyridine rings is 1. The number of esters is 1. The molecule has 0 spiro atoms. The molecule has 2 heterocycles. The molecule has 1 aliphatic rings. The lowest BCUT2D eigenvalue weighted by Gasteiger charge is -2.35. The smallest absolute Gasteiger partial charge is 0.337 e. The van der Waals surface area contributed by atoms with E-state index in [2.05, 4.69) is 15.0 Å². The number of hydrogen-bond donors (Lipinski definition) is 1. The molecule has 1 saturated heterocycles. The van der Waals surface area contributed by atoms with Crippen molar-refractivity contribution in [2.24, 2.45) is 0 Å². The van der Waals surface area contributed by atoms with Gasteiger partial charge >= 0.3 is 5.97 Å². The number of carbonyl (C=O) groups excluding carboxylic acids is 1. The molecule has 1 aromatic heterocycles. The molecule has 0 aliphatic carbocycles. The van der Waals surface area contributed by atoms with Crippen molar-refractivity contribution < 1.29 is 22.3 Å². The Morgan fingerprint density at radius 3 is 2.88 bits per heavy atom. The van der Waals surface area contributed by atoms with Crippen LogP contribution in [0, 0.1) is 5.82 Å². The average molecular weight is 379 g/mol. The van der Waals surface area contributed by atoms with E-state index < -0.39 is 27.9 Å². The minimum Gasteiger partial charge on any atom is -0.465 e. The van der Waals surface area contributed by atoms with Gasteiger partial charge in [-0.05, 0) is 29.8 Å². The lowest BCUT2D eigenvalue weighted by atomic mass is 10.1. The van der Waals surface area contributed by atoms with E-state index in [9.17, 15) is 17.6 Å². The van der Waals surface area contributed by atoms with Crippen LogP contribution in [-0.4, -0.2) is 50.4 Å². The molecule has 0 saturated carbocycles. The van der Waals surface area contributed by atoms with Crippen LogP contribution in [0.4, 0.5) is 4.39 Å². The number of piperazine rings is 1. The molecule has 3 rings (SSSR count). The number of nitrogens with zero attached hydrogens (tertiary/aromatic N) is 2. The third-order valence-electron chi connectivity index (χ3n) is 4.16. The highest BCUT2D eigenvalue weighted by molar-refractivity contribution is 7.89. The molecule has 0 radical (unpaired) electrons. The summed E-state index contributed by atoms with van der Waals surface area (Å²) in [7, 11) is -2.88. The van der Waals surface area contributed by atoms with Gasteiger partial charge in [-0.25, -0.2) is 17.6 Å². The number of benzene rings is 1. The lowest BCUT2D eigenvalue weighted by Crippen LogP contribution is -2.48. The summed E-state index contributed by atoms with van der Waals surface area (Å²) in [5, 5.41) is 3.15. The molecule has 138 valence electrons. The van der Waals surface area contributed by atoms with Gasteiger partial charge in [-0.2, -0.15) is 4.31 Å². The quantitative estimate of drug-likeness (QED) is 0.807. The van der Waals surface area contributed by atoms with Crippen molar-refractivity contribution in [2.75, 3.05) is 26.7 Å². The predicted molar refractivity (Wildman–Crippen MR) is 91.5 cm³/mol. The molecule has 0 bridgehead atoms. The van der Waals surface area contributed by atoms with Crippen LogP contribution in [-0.2, 0) is 14.8 Å². The Morgan fingerprint density at radius 2 is 2.19 bits per heavy atom. The van der Waals surface area contributed by atoms with Crippen molar-refractivity contribution in [2.45, 2.75) is 10.9 Å². The van der Waals surface area contributed by atoms with E-state index in [4.69, 9.17) is 0 Å². The Labute approximate surface area is 150 Å². The Balaban J connectivity index is 2.03. The van der Waals surface area contributed by atoms with Crippen LogP contribution in [0.1, 0.15) is 22.0 Å². The second-order valence-electron chi connectivity index (χ2n) is 5.79. The van der Waals surface area contributed by atoms with E-state index in [-0.39, 0.29) is 17.0 Å². The molecule has 0 amide bonds. The fourth-order valence-corrected chi connectivity index (χ4v) is 4.58. The zero-order chi connectivity index (χ0) is 18.7. The standard InChI is InChI=1S/C17H18FN3O4S/c1-25-17(22)13-7-14(18)9-15(8-13)26(23,24)21-6-5-20-11-16(21)12-3-2-4-19-10-12/h2-4,7-10,16,20H,5-6,11H2,1H3. The number of halogens is 1. The maximum atomic E-state index is 13.9. The summed E-state index contributed by atoms with van der Waals surface area (Å²) in [6, 6.07) is 6.02. The van der Waals surface area contributed by atoms with Gasteiger partial charge in [0.2, 0.25) is 10.0 Å². The minimum atomic E-state index is -4.03. The summed E-state index contributed by atoms with van der Waals surface area (Å²) in [6.07, 6.45) is 3.21. The van der Waals surface area contributed by atoms with Gasteiger partial charge in [0.15, 0.2) is 0 Å². The molecule has 2 aromatic rings. The molecule has 1 unspecified atom stereocenters. The zero-order valence-electron chi connectivity index (χ0n) is 14.1.